The van der Waals surface area contributed by atoms with Crippen molar-refractivity contribution in [1.29, 1.82) is 0 Å². The highest BCUT2D eigenvalue weighted by molar-refractivity contribution is 5.93. The van der Waals surface area contributed by atoms with Crippen LogP contribution in [0.15, 0.2) is 35.3 Å². The van der Waals surface area contributed by atoms with E-state index in [0.717, 1.165) is 17.1 Å². The third-order valence-electron chi connectivity index (χ3n) is 3.04. The van der Waals surface area contributed by atoms with Gasteiger partial charge in [-0.05, 0) is 43.5 Å². The van der Waals surface area contributed by atoms with Crippen molar-refractivity contribution in [3.05, 3.63) is 47.3 Å². The third kappa shape index (κ3) is 4.84. The molecule has 3 N–H and O–H groups in total. The van der Waals surface area contributed by atoms with Gasteiger partial charge < -0.3 is 11.1 Å². The maximum Gasteiger partial charge on any atom is 0.253 e. The first-order valence-corrected chi connectivity index (χ1v) is 6.97. The lowest BCUT2D eigenvalue weighted by molar-refractivity contribution is 0.867. The lowest BCUT2D eigenvalue weighted by Crippen LogP contribution is -2.22. The van der Waals surface area contributed by atoms with E-state index in [1.54, 1.807) is 0 Å². The standard InChI is InChI=1S/C16H21N5.CH4/c1-10(2)13-5-7-14(8-6-13)20-15(17)21-16-18-11(3)9-12(4)19-16;/h5-10H,1-4H3,(H3,17,18,19,20,21);1H4. The topological polar surface area (TPSA) is 76.2 Å². The smallest absolute Gasteiger partial charge is 0.253 e. The number of anilines is 1. The molecule has 0 unspecified atom stereocenters. The Morgan fingerprint density at radius 1 is 1.09 bits per heavy atom. The van der Waals surface area contributed by atoms with Crippen LogP contribution in [0, 0.1) is 13.8 Å². The summed E-state index contributed by atoms with van der Waals surface area (Å²) in [5.74, 6) is 1.15. The van der Waals surface area contributed by atoms with E-state index in [0.29, 0.717) is 11.9 Å². The lowest BCUT2D eigenvalue weighted by atomic mass is 10.0. The zero-order valence-corrected chi connectivity index (χ0v) is 12.9. The first-order valence-electron chi connectivity index (χ1n) is 6.97. The number of guanidine groups is 1. The normalized spacial score (nSPS) is 11.2. The van der Waals surface area contributed by atoms with E-state index >= 15 is 0 Å². The second-order valence-corrected chi connectivity index (χ2v) is 5.35. The molecule has 0 fully saturated rings. The Bertz CT molecular complexity index is 624. The fraction of sp³-hybridized carbons (Fsp3) is 0.353. The second-order valence-electron chi connectivity index (χ2n) is 5.35. The van der Waals surface area contributed by atoms with Gasteiger partial charge >= 0.3 is 0 Å². The van der Waals surface area contributed by atoms with Crippen molar-refractivity contribution in [2.24, 2.45) is 10.7 Å². The fourth-order valence-corrected chi connectivity index (χ4v) is 1.99. The number of nitrogens with one attached hydrogen (secondary N) is 1. The molecule has 118 valence electrons. The molecule has 0 aliphatic rings. The average Bonchev–Trinajstić information content (AvgIpc) is 2.37. The molecule has 0 bridgehead atoms. The van der Waals surface area contributed by atoms with Crippen molar-refractivity contribution in [2.75, 3.05) is 5.32 Å². The van der Waals surface area contributed by atoms with Crippen LogP contribution in [0.4, 0.5) is 11.6 Å². The summed E-state index contributed by atoms with van der Waals surface area (Å²) in [5, 5.41) is 3.04. The van der Waals surface area contributed by atoms with Gasteiger partial charge in [0.2, 0.25) is 5.96 Å². The van der Waals surface area contributed by atoms with Gasteiger partial charge in [0.15, 0.2) is 0 Å². The number of aromatic nitrogens is 2. The molecule has 0 saturated heterocycles. The number of hydrogen-bond donors (Lipinski definition) is 2. The number of nitrogens with zero attached hydrogens (tertiary/aromatic N) is 3. The molecule has 1 heterocycles. The number of nitrogens with two attached hydrogens (primary N) is 1. The van der Waals surface area contributed by atoms with Crippen LogP contribution < -0.4 is 11.1 Å². The Kier molecular flexibility index (Phi) is 6.04. The van der Waals surface area contributed by atoms with E-state index in [-0.39, 0.29) is 13.4 Å². The number of benzene rings is 1. The second kappa shape index (κ2) is 7.54. The molecule has 0 spiro atoms. The highest BCUT2D eigenvalue weighted by Gasteiger charge is 2.02. The van der Waals surface area contributed by atoms with Crippen molar-refractivity contribution in [1.82, 2.24) is 9.97 Å². The number of aliphatic imine (C=N–C) groups is 1. The largest absolute Gasteiger partial charge is 0.369 e. The lowest BCUT2D eigenvalue weighted by Gasteiger charge is -2.08. The van der Waals surface area contributed by atoms with Gasteiger partial charge in [0, 0.05) is 17.1 Å². The van der Waals surface area contributed by atoms with Crippen LogP contribution in [0.2, 0.25) is 0 Å². The highest BCUT2D eigenvalue weighted by atomic mass is 15.2. The summed E-state index contributed by atoms with van der Waals surface area (Å²) >= 11 is 0. The molecule has 0 aliphatic heterocycles. The predicted molar refractivity (Wildman–Crippen MR) is 93.7 cm³/mol. The zero-order chi connectivity index (χ0) is 15.4. The molecule has 0 aliphatic carbocycles. The summed E-state index contributed by atoms with van der Waals surface area (Å²) in [6.45, 7) is 8.13. The maximum atomic E-state index is 5.89. The summed E-state index contributed by atoms with van der Waals surface area (Å²) in [6, 6.07) is 10.0. The van der Waals surface area contributed by atoms with Crippen LogP contribution in [-0.4, -0.2) is 15.9 Å². The summed E-state index contributed by atoms with van der Waals surface area (Å²) < 4.78 is 0. The molecule has 1 aromatic carbocycles. The average molecular weight is 299 g/mol. The van der Waals surface area contributed by atoms with Crippen molar-refractivity contribution in [3.63, 3.8) is 0 Å². The van der Waals surface area contributed by atoms with Gasteiger partial charge in [0.05, 0.1) is 0 Å². The minimum atomic E-state index is 0. The van der Waals surface area contributed by atoms with Crippen molar-refractivity contribution in [3.8, 4) is 0 Å². The van der Waals surface area contributed by atoms with Gasteiger partial charge in [-0.1, -0.05) is 33.4 Å². The Labute approximate surface area is 132 Å². The van der Waals surface area contributed by atoms with E-state index in [4.69, 9.17) is 5.73 Å². The summed E-state index contributed by atoms with van der Waals surface area (Å²) in [5.41, 5.74) is 9.82. The van der Waals surface area contributed by atoms with Crippen molar-refractivity contribution in [2.45, 2.75) is 41.0 Å². The monoisotopic (exact) mass is 299 g/mol. The first kappa shape index (κ1) is 17.6. The minimum Gasteiger partial charge on any atom is -0.369 e. The Morgan fingerprint density at radius 2 is 1.64 bits per heavy atom. The van der Waals surface area contributed by atoms with Crippen LogP contribution in [-0.2, 0) is 0 Å². The van der Waals surface area contributed by atoms with Crippen molar-refractivity contribution < 1.29 is 0 Å². The number of aryl methyl sites for hydroxylation is 2. The number of rotatable bonds is 3. The summed E-state index contributed by atoms with van der Waals surface area (Å²) in [4.78, 5) is 12.7. The fourth-order valence-electron chi connectivity index (χ4n) is 1.99. The Hall–Kier alpha value is -2.43. The highest BCUT2D eigenvalue weighted by Crippen LogP contribution is 2.17. The van der Waals surface area contributed by atoms with Gasteiger partial charge in [0.25, 0.3) is 5.95 Å². The van der Waals surface area contributed by atoms with Crippen LogP contribution in [0.5, 0.6) is 0 Å². The van der Waals surface area contributed by atoms with Gasteiger partial charge in [-0.25, -0.2) is 9.97 Å². The Morgan fingerprint density at radius 3 is 2.14 bits per heavy atom. The molecule has 0 amide bonds. The zero-order valence-electron chi connectivity index (χ0n) is 12.9. The van der Waals surface area contributed by atoms with E-state index in [2.05, 4.69) is 46.3 Å². The van der Waals surface area contributed by atoms with Crippen LogP contribution in [0.3, 0.4) is 0 Å². The molecule has 5 nitrogen and oxygen atoms in total. The third-order valence-corrected chi connectivity index (χ3v) is 3.04. The minimum absolute atomic E-state index is 0. The summed E-state index contributed by atoms with van der Waals surface area (Å²) in [7, 11) is 0. The molecule has 5 heteroatoms. The molecule has 2 aromatic rings. The maximum absolute atomic E-state index is 5.89. The quantitative estimate of drug-likeness (QED) is 0.665. The van der Waals surface area contributed by atoms with Gasteiger partial charge in [0.1, 0.15) is 0 Å². The van der Waals surface area contributed by atoms with Crippen molar-refractivity contribution >= 4 is 17.6 Å². The van der Waals surface area contributed by atoms with E-state index in [1.807, 2.05) is 32.0 Å². The Balaban J connectivity index is 0.00000242. The molecule has 2 rings (SSSR count). The van der Waals surface area contributed by atoms with Gasteiger partial charge in [-0.15, -0.1) is 0 Å². The molecule has 0 atom stereocenters. The molecular formula is C17H25N5. The van der Waals surface area contributed by atoms with E-state index in [9.17, 15) is 0 Å². The van der Waals surface area contributed by atoms with Gasteiger partial charge in [-0.2, -0.15) is 4.99 Å². The predicted octanol–water partition coefficient (Wildman–Crippen LogP) is 3.91. The molecule has 0 radical (unpaired) electrons. The molecule has 0 saturated carbocycles. The first-order chi connectivity index (χ1) is 9.94. The van der Waals surface area contributed by atoms with Crippen LogP contribution >= 0.6 is 0 Å². The van der Waals surface area contributed by atoms with E-state index in [1.165, 1.54) is 5.56 Å². The molecular weight excluding hydrogens is 274 g/mol. The van der Waals surface area contributed by atoms with E-state index < -0.39 is 0 Å². The SMILES string of the molecule is C.Cc1cc(C)nc(N=C(N)Nc2ccc(C(C)C)cc2)n1. The molecule has 22 heavy (non-hydrogen) atoms. The molecule has 1 aromatic heterocycles. The summed E-state index contributed by atoms with van der Waals surface area (Å²) in [6.07, 6.45) is 0. The number of hydrogen-bond acceptors (Lipinski definition) is 3. The van der Waals surface area contributed by atoms with Crippen LogP contribution in [0.25, 0.3) is 0 Å². The van der Waals surface area contributed by atoms with Gasteiger partial charge in [-0.3, -0.25) is 0 Å². The van der Waals surface area contributed by atoms with Crippen LogP contribution in [0.1, 0.15) is 44.1 Å².